The maximum absolute atomic E-state index is 12.9. The van der Waals surface area contributed by atoms with E-state index in [4.69, 9.17) is 16.3 Å². The predicted molar refractivity (Wildman–Crippen MR) is 109 cm³/mol. The Bertz CT molecular complexity index is 818. The summed E-state index contributed by atoms with van der Waals surface area (Å²) >= 11 is 5.97. The van der Waals surface area contributed by atoms with E-state index < -0.39 is 0 Å². The van der Waals surface area contributed by atoms with Crippen molar-refractivity contribution in [1.29, 1.82) is 0 Å². The van der Waals surface area contributed by atoms with E-state index in [-0.39, 0.29) is 17.9 Å². The second kappa shape index (κ2) is 9.78. The minimum Gasteiger partial charge on any atom is -0.466 e. The number of likely N-dealkylation sites (tertiary alicyclic amines) is 1. The van der Waals surface area contributed by atoms with E-state index >= 15 is 0 Å². The second-order valence-electron chi connectivity index (χ2n) is 7.29. The van der Waals surface area contributed by atoms with Gasteiger partial charge in [0, 0.05) is 43.7 Å². The standard InChI is InChI=1S/C22H27ClN2O3/c1-24-13-5-9-20(24)22(27)25-14-3-2-8-19(25)12-15-28-21(26)11-10-17-6-4-7-18(23)16-17/h4-7,9,13,16,19H,2-3,8,10-12,14-15H2,1H3. The summed E-state index contributed by atoms with van der Waals surface area (Å²) in [4.78, 5) is 26.9. The summed E-state index contributed by atoms with van der Waals surface area (Å²) in [5, 5.41) is 0.672. The molecule has 5 nitrogen and oxygen atoms in total. The number of esters is 1. The van der Waals surface area contributed by atoms with Gasteiger partial charge < -0.3 is 14.2 Å². The Kier molecular flexibility index (Phi) is 7.15. The Labute approximate surface area is 171 Å². The van der Waals surface area contributed by atoms with Crippen molar-refractivity contribution in [2.24, 2.45) is 7.05 Å². The average Bonchev–Trinajstić information content (AvgIpc) is 3.12. The monoisotopic (exact) mass is 402 g/mol. The molecule has 1 unspecified atom stereocenters. The second-order valence-corrected chi connectivity index (χ2v) is 7.73. The number of aryl methyl sites for hydroxylation is 2. The van der Waals surface area contributed by atoms with E-state index in [1.807, 2.05) is 59.1 Å². The number of halogens is 1. The minimum atomic E-state index is -0.212. The van der Waals surface area contributed by atoms with Crippen LogP contribution in [-0.4, -0.2) is 40.5 Å². The molecule has 1 fully saturated rings. The molecule has 1 amide bonds. The van der Waals surface area contributed by atoms with Crippen LogP contribution in [0.25, 0.3) is 0 Å². The van der Waals surface area contributed by atoms with Crippen LogP contribution in [0.1, 0.15) is 48.2 Å². The summed E-state index contributed by atoms with van der Waals surface area (Å²) in [6.07, 6.45) is 6.58. The third-order valence-electron chi connectivity index (χ3n) is 5.27. The summed E-state index contributed by atoms with van der Waals surface area (Å²) < 4.78 is 7.28. The van der Waals surface area contributed by atoms with Crippen molar-refractivity contribution in [2.75, 3.05) is 13.2 Å². The molecule has 1 aromatic heterocycles. The van der Waals surface area contributed by atoms with Crippen LogP contribution >= 0.6 is 11.6 Å². The molecule has 0 N–H and O–H groups in total. The zero-order valence-electron chi connectivity index (χ0n) is 16.3. The number of nitrogens with zero attached hydrogens (tertiary/aromatic N) is 2. The van der Waals surface area contributed by atoms with Gasteiger partial charge in [-0.1, -0.05) is 23.7 Å². The molecule has 0 spiro atoms. The topological polar surface area (TPSA) is 51.5 Å². The number of aromatic nitrogens is 1. The lowest BCUT2D eigenvalue weighted by Crippen LogP contribution is -2.44. The van der Waals surface area contributed by atoms with Gasteiger partial charge in [0.1, 0.15) is 5.69 Å². The number of benzene rings is 1. The van der Waals surface area contributed by atoms with Crippen molar-refractivity contribution in [3.63, 3.8) is 0 Å². The highest BCUT2D eigenvalue weighted by molar-refractivity contribution is 6.30. The quantitative estimate of drug-likeness (QED) is 0.651. The number of hydrogen-bond acceptors (Lipinski definition) is 3. The maximum Gasteiger partial charge on any atom is 0.306 e. The Morgan fingerprint density at radius 3 is 2.82 bits per heavy atom. The van der Waals surface area contributed by atoms with Crippen LogP contribution in [-0.2, 0) is 23.0 Å². The number of ether oxygens (including phenoxy) is 1. The Morgan fingerprint density at radius 1 is 1.21 bits per heavy atom. The molecule has 2 heterocycles. The summed E-state index contributed by atoms with van der Waals surface area (Å²) in [5.74, 6) is -0.152. The van der Waals surface area contributed by atoms with Crippen LogP contribution < -0.4 is 0 Å². The summed E-state index contributed by atoms with van der Waals surface area (Å²) in [7, 11) is 1.88. The number of amides is 1. The highest BCUT2D eigenvalue weighted by atomic mass is 35.5. The van der Waals surface area contributed by atoms with Crippen molar-refractivity contribution in [3.8, 4) is 0 Å². The Morgan fingerprint density at radius 2 is 2.07 bits per heavy atom. The smallest absolute Gasteiger partial charge is 0.306 e. The zero-order valence-corrected chi connectivity index (χ0v) is 17.0. The fourth-order valence-electron chi connectivity index (χ4n) is 3.72. The van der Waals surface area contributed by atoms with Gasteiger partial charge in [-0.3, -0.25) is 9.59 Å². The van der Waals surface area contributed by atoms with Gasteiger partial charge in [-0.2, -0.15) is 0 Å². The van der Waals surface area contributed by atoms with Gasteiger partial charge >= 0.3 is 5.97 Å². The number of rotatable bonds is 7. The summed E-state index contributed by atoms with van der Waals surface area (Å²) in [5.41, 5.74) is 1.72. The van der Waals surface area contributed by atoms with Gasteiger partial charge in [0.05, 0.1) is 6.61 Å². The van der Waals surface area contributed by atoms with Crippen molar-refractivity contribution < 1.29 is 14.3 Å². The molecule has 3 rings (SSSR count). The third-order valence-corrected chi connectivity index (χ3v) is 5.51. The molecular weight excluding hydrogens is 376 g/mol. The molecule has 1 aromatic carbocycles. The fourth-order valence-corrected chi connectivity index (χ4v) is 3.93. The maximum atomic E-state index is 12.9. The van der Waals surface area contributed by atoms with Gasteiger partial charge in [-0.15, -0.1) is 0 Å². The van der Waals surface area contributed by atoms with Gasteiger partial charge in [-0.05, 0) is 55.5 Å². The third kappa shape index (κ3) is 5.38. The lowest BCUT2D eigenvalue weighted by Gasteiger charge is -2.35. The predicted octanol–water partition coefficient (Wildman–Crippen LogP) is 4.24. The summed E-state index contributed by atoms with van der Waals surface area (Å²) in [6.45, 7) is 1.10. The van der Waals surface area contributed by atoms with Crippen LogP contribution in [0.2, 0.25) is 5.02 Å². The molecule has 150 valence electrons. The number of carbonyl (C=O) groups is 2. The molecular formula is C22H27ClN2O3. The first-order chi connectivity index (χ1) is 13.5. The molecule has 1 aliphatic rings. The van der Waals surface area contributed by atoms with E-state index in [2.05, 4.69) is 0 Å². The van der Waals surface area contributed by atoms with Crippen LogP contribution in [0.5, 0.6) is 0 Å². The SMILES string of the molecule is Cn1cccc1C(=O)N1CCCCC1CCOC(=O)CCc1cccc(Cl)c1. The number of hydrogen-bond donors (Lipinski definition) is 0. The molecule has 0 aliphatic carbocycles. The largest absolute Gasteiger partial charge is 0.466 e. The van der Waals surface area contributed by atoms with E-state index in [1.54, 1.807) is 0 Å². The molecule has 28 heavy (non-hydrogen) atoms. The lowest BCUT2D eigenvalue weighted by molar-refractivity contribution is -0.144. The van der Waals surface area contributed by atoms with Crippen LogP contribution in [0.3, 0.4) is 0 Å². The highest BCUT2D eigenvalue weighted by Gasteiger charge is 2.28. The van der Waals surface area contributed by atoms with Crippen LogP contribution in [0, 0.1) is 0 Å². The van der Waals surface area contributed by atoms with E-state index in [9.17, 15) is 9.59 Å². The zero-order chi connectivity index (χ0) is 19.9. The number of carbonyl (C=O) groups excluding carboxylic acids is 2. The molecule has 0 saturated carbocycles. The van der Waals surface area contributed by atoms with Crippen molar-refractivity contribution in [3.05, 3.63) is 58.9 Å². The fraction of sp³-hybridized carbons (Fsp3) is 0.455. The lowest BCUT2D eigenvalue weighted by atomic mass is 9.99. The van der Waals surface area contributed by atoms with E-state index in [0.717, 1.165) is 31.4 Å². The van der Waals surface area contributed by atoms with Crippen molar-refractivity contribution in [2.45, 2.75) is 44.6 Å². The Hall–Kier alpha value is -2.27. The molecule has 2 aromatic rings. The van der Waals surface area contributed by atoms with Gasteiger partial charge in [0.25, 0.3) is 5.91 Å². The van der Waals surface area contributed by atoms with Crippen molar-refractivity contribution >= 4 is 23.5 Å². The van der Waals surface area contributed by atoms with Gasteiger partial charge in [-0.25, -0.2) is 0 Å². The first-order valence-electron chi connectivity index (χ1n) is 9.87. The normalized spacial score (nSPS) is 16.8. The Balaban J connectivity index is 1.46. The molecule has 1 atom stereocenters. The highest BCUT2D eigenvalue weighted by Crippen LogP contribution is 2.22. The minimum absolute atomic E-state index is 0.0597. The first kappa shape index (κ1) is 20.5. The van der Waals surface area contributed by atoms with E-state index in [0.29, 0.717) is 36.6 Å². The van der Waals surface area contributed by atoms with Crippen molar-refractivity contribution in [1.82, 2.24) is 9.47 Å². The molecule has 1 aliphatic heterocycles. The molecule has 0 bridgehead atoms. The van der Waals surface area contributed by atoms with E-state index in [1.165, 1.54) is 0 Å². The van der Waals surface area contributed by atoms with Crippen LogP contribution in [0.15, 0.2) is 42.6 Å². The first-order valence-corrected chi connectivity index (χ1v) is 10.2. The van der Waals surface area contributed by atoms with Crippen LogP contribution in [0.4, 0.5) is 0 Å². The molecule has 1 saturated heterocycles. The molecule has 0 radical (unpaired) electrons. The summed E-state index contributed by atoms with van der Waals surface area (Å²) in [6, 6.07) is 11.4. The molecule has 6 heteroatoms. The average molecular weight is 403 g/mol. The van der Waals surface area contributed by atoms with Gasteiger partial charge in [0.15, 0.2) is 0 Å². The number of piperidine rings is 1. The van der Waals surface area contributed by atoms with Gasteiger partial charge in [0.2, 0.25) is 0 Å².